The van der Waals surface area contributed by atoms with E-state index in [0.29, 0.717) is 24.2 Å². The summed E-state index contributed by atoms with van der Waals surface area (Å²) in [6.45, 7) is 0.389. The molecule has 1 saturated carbocycles. The number of rotatable bonds is 6. The molecule has 1 aromatic carbocycles. The highest BCUT2D eigenvalue weighted by molar-refractivity contribution is 6.07. The second-order valence-corrected chi connectivity index (χ2v) is 7.23. The first kappa shape index (κ1) is 20.5. The Morgan fingerprint density at radius 3 is 2.00 bits per heavy atom. The molecule has 0 bridgehead atoms. The van der Waals surface area contributed by atoms with Gasteiger partial charge in [0, 0.05) is 18.3 Å². The van der Waals surface area contributed by atoms with Crippen molar-refractivity contribution in [2.24, 2.45) is 11.8 Å². The second-order valence-electron chi connectivity index (χ2n) is 7.23. The first-order valence-corrected chi connectivity index (χ1v) is 9.53. The third-order valence-corrected chi connectivity index (χ3v) is 5.07. The lowest BCUT2D eigenvalue weighted by Crippen LogP contribution is -2.37. The normalized spacial score (nSPS) is 20.8. The molecule has 9 nitrogen and oxygen atoms in total. The van der Waals surface area contributed by atoms with E-state index in [0.717, 1.165) is 17.7 Å². The van der Waals surface area contributed by atoms with E-state index in [9.17, 15) is 24.0 Å². The number of likely N-dealkylation sites (tertiary alicyclic amines) is 1. The lowest BCUT2D eigenvalue weighted by molar-refractivity contribution is -0.154. The second kappa shape index (κ2) is 8.85. The SMILES string of the molecule is CC(=O)Nc1ccc(NC(=O)COC(=O)CN2C(=O)[C@H]3CCCC[C@H]3C2=O)cc1. The summed E-state index contributed by atoms with van der Waals surface area (Å²) in [7, 11) is 0. The number of ether oxygens (including phenoxy) is 1. The lowest BCUT2D eigenvalue weighted by Gasteiger charge is -2.19. The molecule has 0 unspecified atom stereocenters. The van der Waals surface area contributed by atoms with Gasteiger partial charge in [-0.15, -0.1) is 0 Å². The molecule has 29 heavy (non-hydrogen) atoms. The summed E-state index contributed by atoms with van der Waals surface area (Å²) in [5.41, 5.74) is 1.05. The van der Waals surface area contributed by atoms with Crippen LogP contribution in [0.25, 0.3) is 0 Å². The number of carbonyl (C=O) groups excluding carboxylic acids is 5. The van der Waals surface area contributed by atoms with Gasteiger partial charge in [0.15, 0.2) is 6.61 Å². The Kier molecular flexibility index (Phi) is 6.26. The third-order valence-electron chi connectivity index (χ3n) is 5.07. The van der Waals surface area contributed by atoms with E-state index in [1.54, 1.807) is 24.3 Å². The standard InChI is InChI=1S/C20H23N3O6/c1-12(24)21-13-6-8-14(9-7-13)22-17(25)11-29-18(26)10-23-19(27)15-4-2-3-5-16(15)20(23)28/h6-9,15-16H,2-5,10-11H2,1H3,(H,21,24)(H,22,25)/t15-,16+. The molecule has 0 aromatic heterocycles. The number of fused-ring (bicyclic) bond motifs is 1. The fraction of sp³-hybridized carbons (Fsp3) is 0.450. The van der Waals surface area contributed by atoms with Gasteiger partial charge in [-0.05, 0) is 37.1 Å². The Bertz CT molecular complexity index is 811. The monoisotopic (exact) mass is 401 g/mol. The minimum atomic E-state index is -0.804. The Hall–Kier alpha value is -3.23. The van der Waals surface area contributed by atoms with Crippen LogP contribution in [-0.2, 0) is 28.7 Å². The van der Waals surface area contributed by atoms with Gasteiger partial charge in [0.1, 0.15) is 6.54 Å². The molecule has 2 N–H and O–H groups in total. The maximum atomic E-state index is 12.4. The first-order valence-electron chi connectivity index (χ1n) is 9.53. The van der Waals surface area contributed by atoms with Crippen molar-refractivity contribution in [3.05, 3.63) is 24.3 Å². The molecule has 1 aliphatic heterocycles. The summed E-state index contributed by atoms with van der Waals surface area (Å²) in [6, 6.07) is 6.42. The minimum absolute atomic E-state index is 0.206. The summed E-state index contributed by atoms with van der Waals surface area (Å²) < 4.78 is 4.91. The molecular formula is C20H23N3O6. The van der Waals surface area contributed by atoms with Crippen molar-refractivity contribution in [1.29, 1.82) is 0 Å². The summed E-state index contributed by atoms with van der Waals surface area (Å²) in [5, 5.41) is 5.16. The molecule has 1 heterocycles. The number of nitrogens with one attached hydrogen (secondary N) is 2. The quantitative estimate of drug-likeness (QED) is 0.547. The van der Waals surface area contributed by atoms with Crippen LogP contribution in [-0.4, -0.2) is 47.6 Å². The lowest BCUT2D eigenvalue weighted by atomic mass is 9.81. The number of benzene rings is 1. The Morgan fingerprint density at radius 1 is 0.966 bits per heavy atom. The average molecular weight is 401 g/mol. The van der Waals surface area contributed by atoms with E-state index in [2.05, 4.69) is 10.6 Å². The van der Waals surface area contributed by atoms with Crippen LogP contribution in [0.5, 0.6) is 0 Å². The zero-order valence-electron chi connectivity index (χ0n) is 16.1. The molecule has 1 saturated heterocycles. The number of amides is 4. The van der Waals surface area contributed by atoms with Crippen LogP contribution in [0.2, 0.25) is 0 Å². The zero-order chi connectivity index (χ0) is 21.0. The summed E-state index contributed by atoms with van der Waals surface area (Å²) in [4.78, 5) is 60.6. The minimum Gasteiger partial charge on any atom is -0.454 e. The van der Waals surface area contributed by atoms with Crippen molar-refractivity contribution in [2.45, 2.75) is 32.6 Å². The molecule has 2 fully saturated rings. The molecule has 9 heteroatoms. The number of imide groups is 1. The van der Waals surface area contributed by atoms with Crippen LogP contribution >= 0.6 is 0 Å². The summed E-state index contributed by atoms with van der Waals surface area (Å²) >= 11 is 0. The van der Waals surface area contributed by atoms with E-state index in [4.69, 9.17) is 4.74 Å². The van der Waals surface area contributed by atoms with Gasteiger partial charge >= 0.3 is 5.97 Å². The van der Waals surface area contributed by atoms with Crippen molar-refractivity contribution < 1.29 is 28.7 Å². The first-order chi connectivity index (χ1) is 13.8. The fourth-order valence-corrected chi connectivity index (χ4v) is 3.74. The van der Waals surface area contributed by atoms with Gasteiger partial charge in [-0.2, -0.15) is 0 Å². The highest BCUT2D eigenvalue weighted by Crippen LogP contribution is 2.37. The van der Waals surface area contributed by atoms with Crippen LogP contribution in [0.1, 0.15) is 32.6 Å². The van der Waals surface area contributed by atoms with E-state index in [-0.39, 0.29) is 29.6 Å². The Balaban J connectivity index is 1.45. The average Bonchev–Trinajstić information content (AvgIpc) is 2.93. The predicted octanol–water partition coefficient (Wildman–Crippen LogP) is 1.30. The van der Waals surface area contributed by atoms with Gasteiger partial charge in [-0.25, -0.2) is 0 Å². The fourth-order valence-electron chi connectivity index (χ4n) is 3.74. The number of hydrogen-bond acceptors (Lipinski definition) is 6. The van der Waals surface area contributed by atoms with Crippen molar-refractivity contribution in [2.75, 3.05) is 23.8 Å². The molecule has 154 valence electrons. The van der Waals surface area contributed by atoms with Gasteiger partial charge in [0.2, 0.25) is 17.7 Å². The van der Waals surface area contributed by atoms with E-state index >= 15 is 0 Å². The highest BCUT2D eigenvalue weighted by Gasteiger charge is 2.48. The van der Waals surface area contributed by atoms with Crippen LogP contribution in [0.4, 0.5) is 11.4 Å². The number of hydrogen-bond donors (Lipinski definition) is 2. The Morgan fingerprint density at radius 2 is 1.48 bits per heavy atom. The van der Waals surface area contributed by atoms with Crippen molar-refractivity contribution in [3.63, 3.8) is 0 Å². The van der Waals surface area contributed by atoms with Gasteiger partial charge < -0.3 is 15.4 Å². The van der Waals surface area contributed by atoms with Gasteiger partial charge in [-0.1, -0.05) is 12.8 Å². The van der Waals surface area contributed by atoms with Gasteiger partial charge in [0.25, 0.3) is 5.91 Å². The maximum Gasteiger partial charge on any atom is 0.326 e. The molecule has 4 amide bonds. The smallest absolute Gasteiger partial charge is 0.326 e. The topological polar surface area (TPSA) is 122 Å². The maximum absolute atomic E-state index is 12.4. The number of carbonyl (C=O) groups is 5. The van der Waals surface area contributed by atoms with Crippen LogP contribution in [0, 0.1) is 11.8 Å². The molecule has 0 radical (unpaired) electrons. The van der Waals surface area contributed by atoms with Gasteiger partial charge in [-0.3, -0.25) is 28.9 Å². The van der Waals surface area contributed by atoms with Crippen molar-refractivity contribution in [1.82, 2.24) is 4.90 Å². The third kappa shape index (κ3) is 4.98. The molecule has 3 rings (SSSR count). The van der Waals surface area contributed by atoms with E-state index < -0.39 is 25.0 Å². The van der Waals surface area contributed by atoms with Crippen LogP contribution in [0.3, 0.4) is 0 Å². The predicted molar refractivity (Wildman–Crippen MR) is 103 cm³/mol. The molecule has 2 atom stereocenters. The molecule has 1 aromatic rings. The molecule has 2 aliphatic rings. The van der Waals surface area contributed by atoms with Crippen LogP contribution < -0.4 is 10.6 Å². The van der Waals surface area contributed by atoms with Crippen molar-refractivity contribution >= 4 is 41.0 Å². The molecule has 0 spiro atoms. The highest BCUT2D eigenvalue weighted by atomic mass is 16.5. The molecule has 1 aliphatic carbocycles. The zero-order valence-corrected chi connectivity index (χ0v) is 16.1. The summed E-state index contributed by atoms with van der Waals surface area (Å²) in [5.74, 6) is -2.86. The summed E-state index contributed by atoms with van der Waals surface area (Å²) in [6.07, 6.45) is 3.16. The number of anilines is 2. The number of esters is 1. The van der Waals surface area contributed by atoms with Gasteiger partial charge in [0.05, 0.1) is 11.8 Å². The van der Waals surface area contributed by atoms with Crippen LogP contribution in [0.15, 0.2) is 24.3 Å². The van der Waals surface area contributed by atoms with E-state index in [1.807, 2.05) is 0 Å². The van der Waals surface area contributed by atoms with Crippen molar-refractivity contribution in [3.8, 4) is 0 Å². The number of nitrogens with zero attached hydrogens (tertiary/aromatic N) is 1. The Labute approximate surface area is 167 Å². The molecular weight excluding hydrogens is 378 g/mol. The van der Waals surface area contributed by atoms with E-state index in [1.165, 1.54) is 6.92 Å². The largest absolute Gasteiger partial charge is 0.454 e.